The first kappa shape index (κ1) is 20.9. The third-order valence-corrected chi connectivity index (χ3v) is 5.68. The van der Waals surface area contributed by atoms with Crippen molar-refractivity contribution in [1.82, 2.24) is 24.9 Å². The molecule has 4 rings (SSSR count). The number of likely N-dealkylation sites (tertiary alicyclic amines) is 1. The van der Waals surface area contributed by atoms with Crippen LogP contribution in [0.4, 0.5) is 14.6 Å². The molecule has 0 radical (unpaired) electrons. The monoisotopic (exact) mass is 426 g/mol. The van der Waals surface area contributed by atoms with Gasteiger partial charge < -0.3 is 10.2 Å². The zero-order valence-corrected chi connectivity index (χ0v) is 17.4. The van der Waals surface area contributed by atoms with Gasteiger partial charge in [0, 0.05) is 19.2 Å². The first-order chi connectivity index (χ1) is 14.9. The maximum absolute atomic E-state index is 14.0. The Morgan fingerprint density at radius 3 is 2.74 bits per heavy atom. The number of nitrogens with one attached hydrogen (secondary N) is 1. The first-order valence-corrected chi connectivity index (χ1v) is 10.3. The molecule has 1 fully saturated rings. The van der Waals surface area contributed by atoms with E-state index in [2.05, 4.69) is 27.4 Å². The lowest BCUT2D eigenvalue weighted by molar-refractivity contribution is 0.0539. The number of aryl methyl sites for hydroxylation is 1. The van der Waals surface area contributed by atoms with Crippen LogP contribution < -0.4 is 5.32 Å². The molecule has 9 heteroatoms. The summed E-state index contributed by atoms with van der Waals surface area (Å²) in [5.41, 5.74) is 2.08. The second-order valence-corrected chi connectivity index (χ2v) is 7.89. The molecular weight excluding hydrogens is 402 g/mol. The van der Waals surface area contributed by atoms with Crippen molar-refractivity contribution in [2.45, 2.75) is 32.7 Å². The SMILES string of the molecule is Cc1ccc(-n2nccn2)c(C(=O)N2CCC[C@@H](C)C2CNc2ncc(F)cc2F)c1. The third kappa shape index (κ3) is 4.40. The van der Waals surface area contributed by atoms with E-state index in [9.17, 15) is 13.6 Å². The smallest absolute Gasteiger partial charge is 0.256 e. The highest BCUT2D eigenvalue weighted by Gasteiger charge is 2.33. The van der Waals surface area contributed by atoms with E-state index in [0.29, 0.717) is 24.3 Å². The highest BCUT2D eigenvalue weighted by atomic mass is 19.1. The van der Waals surface area contributed by atoms with Crippen LogP contribution in [-0.4, -0.2) is 49.9 Å². The predicted octanol–water partition coefficient (Wildman–Crippen LogP) is 3.60. The number of piperidine rings is 1. The van der Waals surface area contributed by atoms with E-state index in [1.54, 1.807) is 12.4 Å². The number of benzene rings is 1. The van der Waals surface area contributed by atoms with Gasteiger partial charge in [-0.05, 0) is 37.8 Å². The van der Waals surface area contributed by atoms with Crippen LogP contribution in [0.3, 0.4) is 0 Å². The Morgan fingerprint density at radius 1 is 1.23 bits per heavy atom. The standard InChI is InChI=1S/C22H24F2N6O/c1-14-5-6-19(30-27-7-8-28-30)17(10-14)22(31)29-9-3-4-15(2)20(29)13-26-21-18(24)11-16(23)12-25-21/h5-8,10-12,15,20H,3-4,9,13H2,1-2H3,(H,25,26)/t15-,20?/m1/s1. The van der Waals surface area contributed by atoms with Gasteiger partial charge in [-0.2, -0.15) is 15.0 Å². The number of halogens is 2. The highest BCUT2D eigenvalue weighted by Crippen LogP contribution is 2.27. The van der Waals surface area contributed by atoms with Crippen LogP contribution in [0.1, 0.15) is 35.7 Å². The van der Waals surface area contributed by atoms with Crippen LogP contribution in [0.15, 0.2) is 42.9 Å². The fourth-order valence-corrected chi connectivity index (χ4v) is 4.05. The third-order valence-electron chi connectivity index (χ3n) is 5.68. The largest absolute Gasteiger partial charge is 0.366 e. The first-order valence-electron chi connectivity index (χ1n) is 10.3. The maximum atomic E-state index is 14.0. The number of rotatable bonds is 5. The molecule has 162 valence electrons. The van der Waals surface area contributed by atoms with Crippen LogP contribution >= 0.6 is 0 Å². The number of pyridine rings is 1. The molecule has 1 aliphatic heterocycles. The molecule has 0 aliphatic carbocycles. The summed E-state index contributed by atoms with van der Waals surface area (Å²) >= 11 is 0. The topological polar surface area (TPSA) is 75.9 Å². The lowest BCUT2D eigenvalue weighted by atomic mass is 9.89. The quantitative estimate of drug-likeness (QED) is 0.675. The zero-order valence-electron chi connectivity index (χ0n) is 17.4. The van der Waals surface area contributed by atoms with Crippen LogP contribution in [0.2, 0.25) is 0 Å². The molecular formula is C22H24F2N6O. The average molecular weight is 426 g/mol. The Labute approximate surface area is 179 Å². The number of hydrogen-bond donors (Lipinski definition) is 1. The number of amides is 1. The Bertz CT molecular complexity index is 1070. The molecule has 3 aromatic rings. The molecule has 1 aromatic carbocycles. The van der Waals surface area contributed by atoms with Crippen LogP contribution in [0, 0.1) is 24.5 Å². The molecule has 1 aliphatic rings. The molecule has 0 saturated carbocycles. The van der Waals surface area contributed by atoms with Gasteiger partial charge in [-0.15, -0.1) is 0 Å². The molecule has 0 bridgehead atoms. The normalized spacial score (nSPS) is 18.8. The molecule has 1 amide bonds. The fraction of sp³-hybridized carbons (Fsp3) is 0.364. The summed E-state index contributed by atoms with van der Waals surface area (Å²) in [4.78, 5) is 20.7. The number of carbonyl (C=O) groups is 1. The number of carbonyl (C=O) groups excluding carboxylic acids is 1. The highest BCUT2D eigenvalue weighted by molar-refractivity contribution is 5.98. The van der Waals surface area contributed by atoms with Gasteiger partial charge in [0.2, 0.25) is 0 Å². The van der Waals surface area contributed by atoms with E-state index in [-0.39, 0.29) is 23.7 Å². The summed E-state index contributed by atoms with van der Waals surface area (Å²) in [6, 6.07) is 6.20. The van der Waals surface area contributed by atoms with Crippen molar-refractivity contribution < 1.29 is 13.6 Å². The number of hydrogen-bond acceptors (Lipinski definition) is 5. The Balaban J connectivity index is 1.61. The van der Waals surface area contributed by atoms with Crippen LogP contribution in [-0.2, 0) is 0 Å². The number of nitrogens with zero attached hydrogens (tertiary/aromatic N) is 5. The minimum Gasteiger partial charge on any atom is -0.366 e. The maximum Gasteiger partial charge on any atom is 0.256 e. The van der Waals surface area contributed by atoms with Gasteiger partial charge in [0.25, 0.3) is 5.91 Å². The van der Waals surface area contributed by atoms with Crippen LogP contribution in [0.25, 0.3) is 5.69 Å². The summed E-state index contributed by atoms with van der Waals surface area (Å²) < 4.78 is 27.2. The molecule has 1 N–H and O–H groups in total. The van der Waals surface area contributed by atoms with Crippen molar-refractivity contribution >= 4 is 11.7 Å². The van der Waals surface area contributed by atoms with Gasteiger partial charge in [-0.1, -0.05) is 18.6 Å². The lowest BCUT2D eigenvalue weighted by Crippen LogP contribution is -2.51. The van der Waals surface area contributed by atoms with Crippen molar-refractivity contribution in [1.29, 1.82) is 0 Å². The molecule has 1 unspecified atom stereocenters. The van der Waals surface area contributed by atoms with Crippen molar-refractivity contribution in [3.8, 4) is 5.69 Å². The Hall–Kier alpha value is -3.36. The van der Waals surface area contributed by atoms with Crippen LogP contribution in [0.5, 0.6) is 0 Å². The Kier molecular flexibility index (Phi) is 5.92. The minimum absolute atomic E-state index is 0.0245. The van der Waals surface area contributed by atoms with Gasteiger partial charge in [0.15, 0.2) is 11.6 Å². The predicted molar refractivity (Wildman–Crippen MR) is 112 cm³/mol. The van der Waals surface area contributed by atoms with E-state index in [1.807, 2.05) is 30.0 Å². The molecule has 0 spiro atoms. The molecule has 7 nitrogen and oxygen atoms in total. The van der Waals surface area contributed by atoms with E-state index in [4.69, 9.17) is 0 Å². The molecule has 2 atom stereocenters. The van der Waals surface area contributed by atoms with Crippen molar-refractivity contribution in [2.24, 2.45) is 5.92 Å². The fourth-order valence-electron chi connectivity index (χ4n) is 4.05. The van der Waals surface area contributed by atoms with Gasteiger partial charge in [-0.3, -0.25) is 4.79 Å². The van der Waals surface area contributed by atoms with E-state index >= 15 is 0 Å². The molecule has 31 heavy (non-hydrogen) atoms. The van der Waals surface area contributed by atoms with Crippen molar-refractivity contribution in [3.05, 3.63) is 65.6 Å². The van der Waals surface area contributed by atoms with Crippen molar-refractivity contribution in [2.75, 3.05) is 18.4 Å². The van der Waals surface area contributed by atoms with Gasteiger partial charge in [-0.25, -0.2) is 13.8 Å². The van der Waals surface area contributed by atoms with Gasteiger partial charge in [0.05, 0.1) is 35.9 Å². The zero-order chi connectivity index (χ0) is 22.0. The van der Waals surface area contributed by atoms with Gasteiger partial charge >= 0.3 is 0 Å². The summed E-state index contributed by atoms with van der Waals surface area (Å²) in [7, 11) is 0. The van der Waals surface area contributed by atoms with E-state index in [0.717, 1.165) is 30.7 Å². The molecule has 2 aromatic heterocycles. The van der Waals surface area contributed by atoms with Crippen molar-refractivity contribution in [3.63, 3.8) is 0 Å². The summed E-state index contributed by atoms with van der Waals surface area (Å²) in [6.07, 6.45) is 5.93. The Morgan fingerprint density at radius 2 is 2.00 bits per heavy atom. The second-order valence-electron chi connectivity index (χ2n) is 7.89. The summed E-state index contributed by atoms with van der Waals surface area (Å²) in [5.74, 6) is -1.44. The van der Waals surface area contributed by atoms with E-state index in [1.165, 1.54) is 4.80 Å². The lowest BCUT2D eigenvalue weighted by Gasteiger charge is -2.40. The summed E-state index contributed by atoms with van der Waals surface area (Å²) in [6.45, 7) is 4.91. The molecule has 1 saturated heterocycles. The summed E-state index contributed by atoms with van der Waals surface area (Å²) in [5, 5.41) is 11.3. The number of aromatic nitrogens is 4. The number of anilines is 1. The van der Waals surface area contributed by atoms with E-state index < -0.39 is 11.6 Å². The van der Waals surface area contributed by atoms with Gasteiger partial charge in [0.1, 0.15) is 5.82 Å². The second kappa shape index (κ2) is 8.79. The average Bonchev–Trinajstić information content (AvgIpc) is 3.28. The molecule has 3 heterocycles. The minimum atomic E-state index is -0.757.